The van der Waals surface area contributed by atoms with Crippen molar-refractivity contribution in [3.05, 3.63) is 42.5 Å². The molecule has 0 aromatic heterocycles. The fraction of sp³-hybridized carbons (Fsp3) is 0.375. The molecule has 0 radical (unpaired) electrons. The van der Waals surface area contributed by atoms with Gasteiger partial charge in [0, 0.05) is 6.54 Å². The number of nitrogens with zero attached hydrogens (tertiary/aromatic N) is 1. The lowest BCUT2D eigenvalue weighted by atomic mass is 10.2. The lowest BCUT2D eigenvalue weighted by Gasteiger charge is -2.06. The number of unbranched alkanes of at least 4 members (excludes halogenated alkanes) is 2. The van der Waals surface area contributed by atoms with Crippen LogP contribution in [0.3, 0.4) is 0 Å². The molecule has 0 aliphatic rings. The lowest BCUT2D eigenvalue weighted by molar-refractivity contribution is 0.306. The van der Waals surface area contributed by atoms with E-state index in [1.54, 1.807) is 12.3 Å². The first-order valence-corrected chi connectivity index (χ1v) is 7.57. The fourth-order valence-electron chi connectivity index (χ4n) is 1.56. The monoisotopic (exact) mass is 305 g/mol. The molecule has 0 heterocycles. The van der Waals surface area contributed by atoms with Crippen molar-refractivity contribution in [2.45, 2.75) is 26.2 Å². The van der Waals surface area contributed by atoms with Gasteiger partial charge in [-0.25, -0.2) is 0 Å². The van der Waals surface area contributed by atoms with Gasteiger partial charge in [-0.1, -0.05) is 25.8 Å². The van der Waals surface area contributed by atoms with Gasteiger partial charge in [0.2, 0.25) is 0 Å². The summed E-state index contributed by atoms with van der Waals surface area (Å²) in [6, 6.07) is 7.81. The number of rotatable bonds is 9. The predicted octanol–water partition coefficient (Wildman–Crippen LogP) is 3.24. The first kappa shape index (κ1) is 17.2. The van der Waals surface area contributed by atoms with Crippen molar-refractivity contribution in [3.63, 3.8) is 0 Å². The van der Waals surface area contributed by atoms with Crippen LogP contribution in [0.25, 0.3) is 0 Å². The molecular weight excluding hydrogens is 282 g/mol. The molecule has 114 valence electrons. The second-order valence-corrected chi connectivity index (χ2v) is 4.90. The minimum absolute atomic E-state index is 0.474. The van der Waals surface area contributed by atoms with Crippen LogP contribution in [-0.4, -0.2) is 24.5 Å². The summed E-state index contributed by atoms with van der Waals surface area (Å²) in [5.41, 5.74) is 3.72. The van der Waals surface area contributed by atoms with Crippen molar-refractivity contribution in [2.24, 2.45) is 5.10 Å². The third kappa shape index (κ3) is 8.09. The molecule has 0 saturated heterocycles. The molecule has 4 nitrogen and oxygen atoms in total. The standard InChI is InChI=1S/C16H23N3OS/c1-3-5-6-12-20-15-9-7-14(8-10-15)13-18-19-16(21)17-11-4-2/h4,7-10,13H,2-3,5-6,11-12H2,1H3,(H2,17,19,21)/b18-13+. The highest BCUT2D eigenvalue weighted by molar-refractivity contribution is 7.80. The maximum Gasteiger partial charge on any atom is 0.187 e. The van der Waals surface area contributed by atoms with Gasteiger partial charge in [0.15, 0.2) is 5.11 Å². The van der Waals surface area contributed by atoms with E-state index in [0.29, 0.717) is 11.7 Å². The molecular formula is C16H23N3OS. The van der Waals surface area contributed by atoms with Gasteiger partial charge in [0.1, 0.15) is 5.75 Å². The third-order valence-corrected chi connectivity index (χ3v) is 2.92. The summed E-state index contributed by atoms with van der Waals surface area (Å²) in [6.07, 6.45) is 6.95. The van der Waals surface area contributed by atoms with E-state index in [2.05, 4.69) is 29.3 Å². The summed E-state index contributed by atoms with van der Waals surface area (Å²) in [6.45, 7) is 7.17. The van der Waals surface area contributed by atoms with E-state index < -0.39 is 0 Å². The molecule has 1 aromatic carbocycles. The Hall–Kier alpha value is -1.88. The van der Waals surface area contributed by atoms with E-state index in [0.717, 1.165) is 24.3 Å². The number of benzene rings is 1. The molecule has 0 spiro atoms. The molecule has 2 N–H and O–H groups in total. The summed E-state index contributed by atoms with van der Waals surface area (Å²) in [5.74, 6) is 0.888. The Balaban J connectivity index is 2.33. The summed E-state index contributed by atoms with van der Waals surface area (Å²) >= 11 is 5.02. The van der Waals surface area contributed by atoms with Gasteiger partial charge in [-0.05, 0) is 48.5 Å². The molecule has 0 aliphatic carbocycles. The lowest BCUT2D eigenvalue weighted by Crippen LogP contribution is -2.31. The average Bonchev–Trinajstić information content (AvgIpc) is 2.51. The van der Waals surface area contributed by atoms with Crippen molar-refractivity contribution in [3.8, 4) is 5.75 Å². The Morgan fingerprint density at radius 3 is 2.76 bits per heavy atom. The van der Waals surface area contributed by atoms with Gasteiger partial charge in [-0.3, -0.25) is 5.43 Å². The largest absolute Gasteiger partial charge is 0.494 e. The number of nitrogens with one attached hydrogen (secondary N) is 2. The normalized spacial score (nSPS) is 10.3. The Morgan fingerprint density at radius 1 is 1.33 bits per heavy atom. The average molecular weight is 305 g/mol. The van der Waals surface area contributed by atoms with E-state index >= 15 is 0 Å². The van der Waals surface area contributed by atoms with Gasteiger partial charge in [0.25, 0.3) is 0 Å². The zero-order valence-corrected chi connectivity index (χ0v) is 13.3. The van der Waals surface area contributed by atoms with Crippen LogP contribution in [0.2, 0.25) is 0 Å². The molecule has 1 aromatic rings. The van der Waals surface area contributed by atoms with E-state index in [4.69, 9.17) is 17.0 Å². The van der Waals surface area contributed by atoms with Gasteiger partial charge in [0.05, 0.1) is 12.8 Å². The molecule has 1 rings (SSSR count). The van der Waals surface area contributed by atoms with E-state index in [1.165, 1.54) is 12.8 Å². The zero-order valence-electron chi connectivity index (χ0n) is 12.5. The van der Waals surface area contributed by atoms with Crippen molar-refractivity contribution < 1.29 is 4.74 Å². The van der Waals surface area contributed by atoms with Crippen molar-refractivity contribution >= 4 is 23.5 Å². The molecule has 0 unspecified atom stereocenters. The highest BCUT2D eigenvalue weighted by Gasteiger charge is 1.94. The maximum atomic E-state index is 5.65. The van der Waals surface area contributed by atoms with E-state index in [1.807, 2.05) is 24.3 Å². The van der Waals surface area contributed by atoms with Gasteiger partial charge in [-0.15, -0.1) is 6.58 Å². The Bertz CT molecular complexity index is 457. The van der Waals surface area contributed by atoms with Crippen LogP contribution in [0.5, 0.6) is 5.75 Å². The molecule has 0 fully saturated rings. The number of ether oxygens (including phenoxy) is 1. The van der Waals surface area contributed by atoms with E-state index in [-0.39, 0.29) is 0 Å². The van der Waals surface area contributed by atoms with Gasteiger partial charge >= 0.3 is 0 Å². The molecule has 0 atom stereocenters. The predicted molar refractivity (Wildman–Crippen MR) is 93.0 cm³/mol. The first-order valence-electron chi connectivity index (χ1n) is 7.17. The van der Waals surface area contributed by atoms with Crippen LogP contribution in [0, 0.1) is 0 Å². The highest BCUT2D eigenvalue weighted by atomic mass is 32.1. The Labute approximate surface area is 132 Å². The van der Waals surface area contributed by atoms with Gasteiger partial charge < -0.3 is 10.1 Å². The van der Waals surface area contributed by atoms with Crippen LogP contribution in [0.1, 0.15) is 31.7 Å². The van der Waals surface area contributed by atoms with Crippen molar-refractivity contribution in [1.82, 2.24) is 10.7 Å². The Morgan fingerprint density at radius 2 is 2.10 bits per heavy atom. The summed E-state index contributed by atoms with van der Waals surface area (Å²) < 4.78 is 5.65. The van der Waals surface area contributed by atoms with Crippen LogP contribution in [0.4, 0.5) is 0 Å². The van der Waals surface area contributed by atoms with Crippen molar-refractivity contribution in [1.29, 1.82) is 0 Å². The Kier molecular flexibility index (Phi) is 8.88. The molecule has 0 aliphatic heterocycles. The molecule has 0 amide bonds. The highest BCUT2D eigenvalue weighted by Crippen LogP contribution is 2.11. The van der Waals surface area contributed by atoms with Crippen LogP contribution >= 0.6 is 12.2 Å². The van der Waals surface area contributed by atoms with Crippen molar-refractivity contribution in [2.75, 3.05) is 13.2 Å². The molecule has 21 heavy (non-hydrogen) atoms. The number of hydrazone groups is 1. The number of hydrogen-bond acceptors (Lipinski definition) is 3. The number of hydrogen-bond donors (Lipinski definition) is 2. The minimum atomic E-state index is 0.474. The SMILES string of the molecule is C=CCNC(=S)N/N=C/c1ccc(OCCCCC)cc1. The fourth-order valence-corrected chi connectivity index (χ4v) is 1.70. The van der Waals surface area contributed by atoms with Crippen LogP contribution < -0.4 is 15.5 Å². The summed E-state index contributed by atoms with van der Waals surface area (Å²) in [5, 5.41) is 7.46. The van der Waals surface area contributed by atoms with Crippen LogP contribution in [-0.2, 0) is 0 Å². The van der Waals surface area contributed by atoms with E-state index in [9.17, 15) is 0 Å². The first-order chi connectivity index (χ1) is 10.3. The second kappa shape index (κ2) is 10.9. The molecule has 0 bridgehead atoms. The number of thiocarbonyl (C=S) groups is 1. The quantitative estimate of drug-likeness (QED) is 0.242. The summed E-state index contributed by atoms with van der Waals surface area (Å²) in [7, 11) is 0. The van der Waals surface area contributed by atoms with Crippen LogP contribution in [0.15, 0.2) is 42.0 Å². The third-order valence-electron chi connectivity index (χ3n) is 2.68. The zero-order chi connectivity index (χ0) is 15.3. The minimum Gasteiger partial charge on any atom is -0.494 e. The maximum absolute atomic E-state index is 5.65. The summed E-state index contributed by atoms with van der Waals surface area (Å²) in [4.78, 5) is 0. The smallest absolute Gasteiger partial charge is 0.187 e. The molecule has 0 saturated carbocycles. The second-order valence-electron chi connectivity index (χ2n) is 4.49. The topological polar surface area (TPSA) is 45.7 Å². The molecule has 5 heteroatoms. The van der Waals surface area contributed by atoms with Gasteiger partial charge in [-0.2, -0.15) is 5.10 Å².